The van der Waals surface area contributed by atoms with Crippen molar-refractivity contribution in [1.82, 2.24) is 0 Å². The van der Waals surface area contributed by atoms with Crippen LogP contribution in [-0.4, -0.2) is 13.3 Å². The van der Waals surface area contributed by atoms with Gasteiger partial charge in [-0.2, -0.15) is 5.10 Å². The van der Waals surface area contributed by atoms with Crippen molar-refractivity contribution in [3.05, 3.63) is 87.9 Å². The SMILES string of the molecule is COc1cc(/C=N/Nc2ccc(C)c(Cl)c2)ccc1OCc1ccc(C)cc1. The van der Waals surface area contributed by atoms with E-state index in [4.69, 9.17) is 21.1 Å². The second-order valence-electron chi connectivity index (χ2n) is 6.52. The zero-order valence-electron chi connectivity index (χ0n) is 16.2. The lowest BCUT2D eigenvalue weighted by atomic mass is 10.2. The molecule has 0 aromatic heterocycles. The fraction of sp³-hybridized carbons (Fsp3) is 0.174. The number of benzene rings is 3. The van der Waals surface area contributed by atoms with Crippen LogP contribution in [0.3, 0.4) is 0 Å². The molecule has 1 N–H and O–H groups in total. The molecule has 0 amide bonds. The van der Waals surface area contributed by atoms with Crippen LogP contribution in [-0.2, 0) is 6.61 Å². The number of anilines is 1. The van der Waals surface area contributed by atoms with Crippen molar-refractivity contribution < 1.29 is 9.47 Å². The lowest BCUT2D eigenvalue weighted by Gasteiger charge is -2.11. The molecule has 0 unspecified atom stereocenters. The first-order valence-corrected chi connectivity index (χ1v) is 9.34. The van der Waals surface area contributed by atoms with E-state index in [2.05, 4.69) is 41.7 Å². The number of methoxy groups -OCH3 is 1. The van der Waals surface area contributed by atoms with Crippen molar-refractivity contribution in [2.75, 3.05) is 12.5 Å². The van der Waals surface area contributed by atoms with Gasteiger partial charge in [0.25, 0.3) is 0 Å². The molecule has 0 aliphatic heterocycles. The zero-order chi connectivity index (χ0) is 19.9. The summed E-state index contributed by atoms with van der Waals surface area (Å²) in [5.41, 5.74) is 8.07. The number of aryl methyl sites for hydroxylation is 2. The van der Waals surface area contributed by atoms with E-state index in [0.29, 0.717) is 23.1 Å². The third kappa shape index (κ3) is 5.27. The number of hydrazone groups is 1. The lowest BCUT2D eigenvalue weighted by Crippen LogP contribution is -1.99. The van der Waals surface area contributed by atoms with Crippen molar-refractivity contribution in [2.24, 2.45) is 5.10 Å². The maximum absolute atomic E-state index is 6.13. The number of nitrogens with one attached hydrogen (secondary N) is 1. The van der Waals surface area contributed by atoms with E-state index in [1.807, 2.05) is 43.3 Å². The molecule has 0 fully saturated rings. The summed E-state index contributed by atoms with van der Waals surface area (Å²) < 4.78 is 11.4. The molecule has 0 atom stereocenters. The fourth-order valence-electron chi connectivity index (χ4n) is 2.57. The normalized spacial score (nSPS) is 10.9. The summed E-state index contributed by atoms with van der Waals surface area (Å²) in [5.74, 6) is 1.35. The van der Waals surface area contributed by atoms with Gasteiger partial charge in [0.2, 0.25) is 0 Å². The van der Waals surface area contributed by atoms with Crippen LogP contribution in [0.4, 0.5) is 5.69 Å². The van der Waals surface area contributed by atoms with Crippen molar-refractivity contribution in [1.29, 1.82) is 0 Å². The Balaban J connectivity index is 1.64. The number of hydrogen-bond acceptors (Lipinski definition) is 4. The van der Waals surface area contributed by atoms with E-state index in [1.165, 1.54) is 5.56 Å². The molecule has 0 bridgehead atoms. The molecule has 4 nitrogen and oxygen atoms in total. The molecule has 144 valence electrons. The van der Waals surface area contributed by atoms with E-state index in [9.17, 15) is 0 Å². The predicted molar refractivity (Wildman–Crippen MR) is 116 cm³/mol. The highest BCUT2D eigenvalue weighted by molar-refractivity contribution is 6.31. The zero-order valence-corrected chi connectivity index (χ0v) is 17.0. The highest BCUT2D eigenvalue weighted by atomic mass is 35.5. The molecule has 0 aliphatic carbocycles. The van der Waals surface area contributed by atoms with Crippen LogP contribution in [0, 0.1) is 13.8 Å². The molecule has 0 radical (unpaired) electrons. The Morgan fingerprint density at radius 1 is 0.964 bits per heavy atom. The Morgan fingerprint density at radius 3 is 2.46 bits per heavy atom. The summed E-state index contributed by atoms with van der Waals surface area (Å²) in [7, 11) is 1.63. The number of rotatable bonds is 7. The van der Waals surface area contributed by atoms with Gasteiger partial charge in [0.15, 0.2) is 11.5 Å². The monoisotopic (exact) mass is 394 g/mol. The molecule has 0 saturated heterocycles. The Kier molecular flexibility index (Phi) is 6.56. The Labute approximate surface area is 170 Å². The van der Waals surface area contributed by atoms with Gasteiger partial charge in [-0.25, -0.2) is 0 Å². The second kappa shape index (κ2) is 9.29. The first-order chi connectivity index (χ1) is 13.5. The van der Waals surface area contributed by atoms with Gasteiger partial charge in [-0.1, -0.05) is 47.5 Å². The largest absolute Gasteiger partial charge is 0.493 e. The van der Waals surface area contributed by atoms with Crippen molar-refractivity contribution in [2.45, 2.75) is 20.5 Å². The minimum atomic E-state index is 0.486. The average molecular weight is 395 g/mol. The fourth-order valence-corrected chi connectivity index (χ4v) is 2.75. The smallest absolute Gasteiger partial charge is 0.161 e. The Hall–Kier alpha value is -2.98. The molecule has 0 saturated carbocycles. The quantitative estimate of drug-likeness (QED) is 0.395. The molecular weight excluding hydrogens is 372 g/mol. The van der Waals surface area contributed by atoms with E-state index in [-0.39, 0.29) is 0 Å². The standard InChI is InChI=1S/C23H23ClN2O2/c1-16-4-7-18(8-5-16)15-28-22-11-9-19(12-23(22)27-3)14-25-26-20-10-6-17(2)21(24)13-20/h4-14,26H,15H2,1-3H3/b25-14+. The van der Waals surface area contributed by atoms with E-state index in [0.717, 1.165) is 22.4 Å². The topological polar surface area (TPSA) is 42.8 Å². The number of ether oxygens (including phenoxy) is 2. The van der Waals surface area contributed by atoms with Gasteiger partial charge in [-0.15, -0.1) is 0 Å². The van der Waals surface area contributed by atoms with Gasteiger partial charge >= 0.3 is 0 Å². The second-order valence-corrected chi connectivity index (χ2v) is 6.93. The van der Waals surface area contributed by atoms with Crippen molar-refractivity contribution in [3.8, 4) is 11.5 Å². The summed E-state index contributed by atoms with van der Waals surface area (Å²) in [6.45, 7) is 4.51. The van der Waals surface area contributed by atoms with Crippen LogP contribution in [0.2, 0.25) is 5.02 Å². The molecule has 0 spiro atoms. The van der Waals surface area contributed by atoms with Crippen LogP contribution in [0.15, 0.2) is 65.8 Å². The van der Waals surface area contributed by atoms with Crippen LogP contribution in [0.5, 0.6) is 11.5 Å². The summed E-state index contributed by atoms with van der Waals surface area (Å²) in [6.07, 6.45) is 1.72. The predicted octanol–water partition coefficient (Wildman–Crippen LogP) is 5.99. The first-order valence-electron chi connectivity index (χ1n) is 8.97. The molecule has 0 aliphatic rings. The Morgan fingerprint density at radius 2 is 1.75 bits per heavy atom. The molecule has 5 heteroatoms. The molecule has 28 heavy (non-hydrogen) atoms. The summed E-state index contributed by atoms with van der Waals surface area (Å²) >= 11 is 6.13. The summed E-state index contributed by atoms with van der Waals surface area (Å²) in [4.78, 5) is 0. The number of nitrogens with zero attached hydrogens (tertiary/aromatic N) is 1. The van der Waals surface area contributed by atoms with Crippen LogP contribution >= 0.6 is 11.6 Å². The first kappa shape index (κ1) is 19.8. The molecule has 0 heterocycles. The van der Waals surface area contributed by atoms with E-state index < -0.39 is 0 Å². The lowest BCUT2D eigenvalue weighted by molar-refractivity contribution is 0.284. The van der Waals surface area contributed by atoms with Crippen LogP contribution in [0.1, 0.15) is 22.3 Å². The maximum atomic E-state index is 6.13. The van der Waals surface area contributed by atoms with Gasteiger partial charge in [0, 0.05) is 5.02 Å². The van der Waals surface area contributed by atoms with E-state index in [1.54, 1.807) is 13.3 Å². The number of halogens is 1. The third-order valence-electron chi connectivity index (χ3n) is 4.28. The van der Waals surface area contributed by atoms with Gasteiger partial charge < -0.3 is 9.47 Å². The van der Waals surface area contributed by atoms with Crippen molar-refractivity contribution in [3.63, 3.8) is 0 Å². The minimum absolute atomic E-state index is 0.486. The maximum Gasteiger partial charge on any atom is 0.161 e. The van der Waals surface area contributed by atoms with Gasteiger partial charge in [-0.3, -0.25) is 5.43 Å². The van der Waals surface area contributed by atoms with Crippen LogP contribution < -0.4 is 14.9 Å². The molecule has 3 rings (SSSR count). The summed E-state index contributed by atoms with van der Waals surface area (Å²) in [6, 6.07) is 19.7. The van der Waals surface area contributed by atoms with Gasteiger partial charge in [0.1, 0.15) is 6.61 Å². The highest BCUT2D eigenvalue weighted by Crippen LogP contribution is 2.28. The summed E-state index contributed by atoms with van der Waals surface area (Å²) in [5, 5.41) is 4.97. The third-order valence-corrected chi connectivity index (χ3v) is 4.69. The van der Waals surface area contributed by atoms with Crippen molar-refractivity contribution >= 4 is 23.5 Å². The van der Waals surface area contributed by atoms with E-state index >= 15 is 0 Å². The Bertz CT molecular complexity index is 969. The minimum Gasteiger partial charge on any atom is -0.493 e. The molecule has 3 aromatic carbocycles. The van der Waals surface area contributed by atoms with Crippen LogP contribution in [0.25, 0.3) is 0 Å². The molecule has 3 aromatic rings. The highest BCUT2D eigenvalue weighted by Gasteiger charge is 2.06. The number of hydrogen-bond donors (Lipinski definition) is 1. The average Bonchev–Trinajstić information content (AvgIpc) is 2.70. The van der Waals surface area contributed by atoms with Gasteiger partial charge in [0.05, 0.1) is 19.0 Å². The molecular formula is C23H23ClN2O2. The van der Waals surface area contributed by atoms with Gasteiger partial charge in [-0.05, 0) is 60.9 Å².